The Morgan fingerprint density at radius 1 is 1.04 bits per heavy atom. The summed E-state index contributed by atoms with van der Waals surface area (Å²) in [6.07, 6.45) is 5.82. The Hall–Kier alpha value is -2.07. The molecule has 4 heteroatoms. The summed E-state index contributed by atoms with van der Waals surface area (Å²) >= 11 is 0. The number of ether oxygens (including phenoxy) is 1. The molecule has 4 nitrogen and oxygen atoms in total. The molecule has 1 aromatic heterocycles. The summed E-state index contributed by atoms with van der Waals surface area (Å²) in [4.78, 5) is 9.66. The molecule has 0 bridgehead atoms. The molecule has 0 saturated carbocycles. The highest BCUT2D eigenvalue weighted by Crippen LogP contribution is 2.40. The van der Waals surface area contributed by atoms with Crippen LogP contribution in [0.25, 0.3) is 0 Å². The van der Waals surface area contributed by atoms with Gasteiger partial charge < -0.3 is 9.64 Å². The Bertz CT molecular complexity index is 688. The first-order chi connectivity index (χ1) is 12.3. The smallest absolute Gasteiger partial charge is 0.128 e. The second-order valence-electron chi connectivity index (χ2n) is 7.52. The van der Waals surface area contributed by atoms with E-state index in [1.54, 1.807) is 7.11 Å². The van der Waals surface area contributed by atoms with E-state index in [4.69, 9.17) is 4.74 Å². The van der Waals surface area contributed by atoms with E-state index in [9.17, 15) is 0 Å². The molecule has 4 rings (SSSR count). The number of benzene rings is 1. The van der Waals surface area contributed by atoms with Crippen molar-refractivity contribution in [2.75, 3.05) is 38.2 Å². The molecular formula is C21H27N3O. The van der Waals surface area contributed by atoms with Crippen LogP contribution in [0.3, 0.4) is 0 Å². The molecule has 0 amide bonds. The lowest BCUT2D eigenvalue weighted by Gasteiger charge is -2.41. The van der Waals surface area contributed by atoms with Crippen LogP contribution in [0, 0.1) is 5.41 Å². The van der Waals surface area contributed by atoms with Gasteiger partial charge in [0.15, 0.2) is 0 Å². The van der Waals surface area contributed by atoms with Crippen molar-refractivity contribution < 1.29 is 4.74 Å². The number of aromatic nitrogens is 1. The number of hydrogen-bond acceptors (Lipinski definition) is 4. The topological polar surface area (TPSA) is 28.6 Å². The number of piperidine rings is 1. The molecule has 0 aliphatic carbocycles. The zero-order valence-corrected chi connectivity index (χ0v) is 15.0. The number of hydrogen-bond donors (Lipinski definition) is 0. The first kappa shape index (κ1) is 16.4. The maximum atomic E-state index is 5.26. The molecule has 25 heavy (non-hydrogen) atoms. The average Bonchev–Trinajstić information content (AvgIpc) is 3.05. The predicted octanol–water partition coefficient (Wildman–Crippen LogP) is 3.58. The van der Waals surface area contributed by atoms with E-state index in [0.717, 1.165) is 31.2 Å². The van der Waals surface area contributed by atoms with Crippen LogP contribution in [0.2, 0.25) is 0 Å². The molecule has 2 saturated heterocycles. The van der Waals surface area contributed by atoms with E-state index in [1.807, 2.05) is 12.3 Å². The Kier molecular flexibility index (Phi) is 4.62. The lowest BCUT2D eigenvalue weighted by molar-refractivity contribution is 0.216. The van der Waals surface area contributed by atoms with Crippen molar-refractivity contribution in [3.63, 3.8) is 0 Å². The number of nitrogens with zero attached hydrogens (tertiary/aromatic N) is 3. The fourth-order valence-corrected chi connectivity index (χ4v) is 4.43. The van der Waals surface area contributed by atoms with Crippen LogP contribution in [-0.2, 0) is 6.54 Å². The van der Waals surface area contributed by atoms with Crippen molar-refractivity contribution in [1.29, 1.82) is 0 Å². The van der Waals surface area contributed by atoms with Gasteiger partial charge in [-0.15, -0.1) is 0 Å². The minimum Gasteiger partial charge on any atom is -0.497 e. The van der Waals surface area contributed by atoms with E-state index >= 15 is 0 Å². The molecule has 1 aromatic carbocycles. The van der Waals surface area contributed by atoms with E-state index in [0.29, 0.717) is 5.41 Å². The number of pyridine rings is 1. The SMILES string of the molecule is COc1ccc(CN2CCC3(CCCN(c4ccccn4)C3)C2)cc1. The Balaban J connectivity index is 1.40. The summed E-state index contributed by atoms with van der Waals surface area (Å²) < 4.78 is 5.26. The Morgan fingerprint density at radius 3 is 2.68 bits per heavy atom. The lowest BCUT2D eigenvalue weighted by Crippen LogP contribution is -2.45. The van der Waals surface area contributed by atoms with E-state index in [-0.39, 0.29) is 0 Å². The maximum absolute atomic E-state index is 5.26. The Morgan fingerprint density at radius 2 is 1.92 bits per heavy atom. The zero-order valence-electron chi connectivity index (χ0n) is 15.0. The Labute approximate surface area is 150 Å². The third kappa shape index (κ3) is 3.64. The van der Waals surface area contributed by atoms with Crippen LogP contribution >= 0.6 is 0 Å². The van der Waals surface area contributed by atoms with Crippen molar-refractivity contribution >= 4 is 5.82 Å². The monoisotopic (exact) mass is 337 g/mol. The van der Waals surface area contributed by atoms with Gasteiger partial charge in [0.1, 0.15) is 11.6 Å². The van der Waals surface area contributed by atoms with Gasteiger partial charge in [-0.1, -0.05) is 18.2 Å². The van der Waals surface area contributed by atoms with Gasteiger partial charge in [-0.05, 0) is 55.6 Å². The van der Waals surface area contributed by atoms with Gasteiger partial charge in [0.2, 0.25) is 0 Å². The third-order valence-corrected chi connectivity index (χ3v) is 5.72. The fourth-order valence-electron chi connectivity index (χ4n) is 4.43. The van der Waals surface area contributed by atoms with Crippen LogP contribution in [-0.4, -0.2) is 43.2 Å². The van der Waals surface area contributed by atoms with Gasteiger partial charge in [-0.3, -0.25) is 4.90 Å². The molecular weight excluding hydrogens is 310 g/mol. The highest BCUT2D eigenvalue weighted by molar-refractivity contribution is 5.39. The van der Waals surface area contributed by atoms with E-state index in [1.165, 1.54) is 37.9 Å². The molecule has 132 valence electrons. The summed E-state index contributed by atoms with van der Waals surface area (Å²) in [5.74, 6) is 2.06. The summed E-state index contributed by atoms with van der Waals surface area (Å²) in [6, 6.07) is 14.7. The fraction of sp³-hybridized carbons (Fsp3) is 0.476. The number of likely N-dealkylation sites (tertiary alicyclic amines) is 1. The van der Waals surface area contributed by atoms with Gasteiger partial charge in [0.05, 0.1) is 7.11 Å². The molecule has 0 N–H and O–H groups in total. The number of rotatable bonds is 4. The minimum atomic E-state index is 0.433. The molecule has 0 radical (unpaired) electrons. The number of methoxy groups -OCH3 is 1. The zero-order chi connectivity index (χ0) is 17.1. The molecule has 1 atom stereocenters. The highest BCUT2D eigenvalue weighted by Gasteiger charge is 2.41. The highest BCUT2D eigenvalue weighted by atomic mass is 16.5. The van der Waals surface area contributed by atoms with Gasteiger partial charge >= 0.3 is 0 Å². The van der Waals surface area contributed by atoms with Gasteiger partial charge in [0.25, 0.3) is 0 Å². The largest absolute Gasteiger partial charge is 0.497 e. The van der Waals surface area contributed by atoms with E-state index < -0.39 is 0 Å². The van der Waals surface area contributed by atoms with Crippen molar-refractivity contribution in [1.82, 2.24) is 9.88 Å². The maximum Gasteiger partial charge on any atom is 0.128 e. The first-order valence-corrected chi connectivity index (χ1v) is 9.28. The van der Waals surface area contributed by atoms with Crippen molar-refractivity contribution in [3.8, 4) is 5.75 Å². The van der Waals surface area contributed by atoms with E-state index in [2.05, 4.69) is 51.2 Å². The summed E-state index contributed by atoms with van der Waals surface area (Å²) in [6.45, 7) is 5.71. The molecule has 2 aliphatic heterocycles. The predicted molar refractivity (Wildman–Crippen MR) is 101 cm³/mol. The molecule has 2 aliphatic rings. The van der Waals surface area contributed by atoms with Crippen LogP contribution in [0.1, 0.15) is 24.8 Å². The van der Waals surface area contributed by atoms with Crippen molar-refractivity contribution in [3.05, 3.63) is 54.2 Å². The van der Waals surface area contributed by atoms with Crippen LogP contribution in [0.4, 0.5) is 5.82 Å². The van der Waals surface area contributed by atoms with Gasteiger partial charge in [-0.25, -0.2) is 4.98 Å². The molecule has 1 unspecified atom stereocenters. The standard InChI is InChI=1S/C21H27N3O/c1-25-19-8-6-18(7-9-19)15-23-14-11-21(16-23)10-4-13-24(17-21)20-5-2-3-12-22-20/h2-3,5-9,12H,4,10-11,13-17H2,1H3. The third-order valence-electron chi connectivity index (χ3n) is 5.72. The summed E-state index contributed by atoms with van der Waals surface area (Å²) in [7, 11) is 1.72. The lowest BCUT2D eigenvalue weighted by atomic mass is 9.79. The van der Waals surface area contributed by atoms with Crippen molar-refractivity contribution in [2.45, 2.75) is 25.8 Å². The molecule has 1 spiro atoms. The number of anilines is 1. The first-order valence-electron chi connectivity index (χ1n) is 9.28. The summed E-state index contributed by atoms with van der Waals surface area (Å²) in [5, 5.41) is 0. The van der Waals surface area contributed by atoms with Crippen LogP contribution < -0.4 is 9.64 Å². The summed E-state index contributed by atoms with van der Waals surface area (Å²) in [5.41, 5.74) is 1.80. The van der Waals surface area contributed by atoms with Crippen LogP contribution in [0.5, 0.6) is 5.75 Å². The van der Waals surface area contributed by atoms with Gasteiger partial charge in [0, 0.05) is 37.8 Å². The second-order valence-corrected chi connectivity index (χ2v) is 7.52. The molecule has 2 fully saturated rings. The second kappa shape index (κ2) is 7.04. The average molecular weight is 337 g/mol. The van der Waals surface area contributed by atoms with Crippen molar-refractivity contribution in [2.24, 2.45) is 5.41 Å². The normalized spacial score (nSPS) is 24.0. The molecule has 2 aromatic rings. The minimum absolute atomic E-state index is 0.433. The molecule has 3 heterocycles. The quantitative estimate of drug-likeness (QED) is 0.852. The van der Waals surface area contributed by atoms with Gasteiger partial charge in [-0.2, -0.15) is 0 Å². The van der Waals surface area contributed by atoms with Crippen LogP contribution in [0.15, 0.2) is 48.7 Å².